The first-order chi connectivity index (χ1) is 9.20. The number of anilines is 1. The molecule has 19 heavy (non-hydrogen) atoms. The third-order valence-electron chi connectivity index (χ3n) is 2.72. The van der Waals surface area contributed by atoms with Gasteiger partial charge in [0, 0.05) is 31.9 Å². The van der Waals surface area contributed by atoms with Gasteiger partial charge in [0.05, 0.1) is 0 Å². The molecule has 7 nitrogen and oxygen atoms in total. The molecule has 2 aromatic heterocycles. The Morgan fingerprint density at radius 3 is 2.95 bits per heavy atom. The number of nitrogens with one attached hydrogen (secondary N) is 2. The molecule has 0 spiro atoms. The van der Waals surface area contributed by atoms with Crippen molar-refractivity contribution in [2.45, 2.75) is 6.42 Å². The van der Waals surface area contributed by atoms with Gasteiger partial charge in [-0.05, 0) is 18.2 Å². The van der Waals surface area contributed by atoms with E-state index in [1.807, 2.05) is 13.1 Å². The highest BCUT2D eigenvalue weighted by molar-refractivity contribution is 5.92. The van der Waals surface area contributed by atoms with Crippen molar-refractivity contribution in [1.29, 1.82) is 0 Å². The van der Waals surface area contributed by atoms with E-state index in [1.165, 1.54) is 0 Å². The highest BCUT2D eigenvalue weighted by Gasteiger charge is 2.07. The molecule has 0 saturated carbocycles. The fourth-order valence-corrected chi connectivity index (χ4v) is 1.68. The van der Waals surface area contributed by atoms with Crippen LogP contribution in [0.1, 0.15) is 16.2 Å². The second kappa shape index (κ2) is 5.96. The second-order valence-corrected chi connectivity index (χ2v) is 4.00. The summed E-state index contributed by atoms with van der Waals surface area (Å²) in [5.41, 5.74) is 3.80. The number of pyridine rings is 1. The summed E-state index contributed by atoms with van der Waals surface area (Å²) >= 11 is 0. The van der Waals surface area contributed by atoms with Crippen molar-refractivity contribution in [1.82, 2.24) is 20.1 Å². The lowest BCUT2D eigenvalue weighted by Crippen LogP contribution is -2.27. The maximum atomic E-state index is 11.9. The van der Waals surface area contributed by atoms with Gasteiger partial charge in [0.1, 0.15) is 11.5 Å². The minimum absolute atomic E-state index is 0.223. The van der Waals surface area contributed by atoms with Crippen molar-refractivity contribution in [3.05, 3.63) is 41.9 Å². The van der Waals surface area contributed by atoms with Gasteiger partial charge in [-0.15, -0.1) is 0 Å². The molecule has 0 bridgehead atoms. The fourth-order valence-electron chi connectivity index (χ4n) is 1.68. The minimum atomic E-state index is -0.223. The number of hydrazine groups is 1. The number of rotatable bonds is 5. The molecular formula is C12H16N6O. The van der Waals surface area contributed by atoms with Gasteiger partial charge in [-0.2, -0.15) is 5.10 Å². The van der Waals surface area contributed by atoms with Gasteiger partial charge in [-0.1, -0.05) is 6.07 Å². The third-order valence-corrected chi connectivity index (χ3v) is 2.72. The molecule has 7 heteroatoms. The van der Waals surface area contributed by atoms with Gasteiger partial charge >= 0.3 is 0 Å². The second-order valence-electron chi connectivity index (χ2n) is 4.00. The molecule has 2 rings (SSSR count). The number of aromatic nitrogens is 3. The van der Waals surface area contributed by atoms with Gasteiger partial charge in [-0.25, -0.2) is 10.8 Å². The van der Waals surface area contributed by atoms with Crippen LogP contribution in [0.15, 0.2) is 30.5 Å². The number of nitrogens with zero attached hydrogens (tertiary/aromatic N) is 3. The van der Waals surface area contributed by atoms with Crippen molar-refractivity contribution < 1.29 is 4.79 Å². The largest absolute Gasteiger partial charge is 0.350 e. The Hall–Kier alpha value is -2.41. The molecule has 0 aromatic carbocycles. The van der Waals surface area contributed by atoms with Crippen LogP contribution in [0.5, 0.6) is 0 Å². The molecule has 2 heterocycles. The minimum Gasteiger partial charge on any atom is -0.350 e. The molecule has 0 atom stereocenters. The number of hydrogen-bond acceptors (Lipinski definition) is 5. The first-order valence-corrected chi connectivity index (χ1v) is 5.89. The van der Waals surface area contributed by atoms with Gasteiger partial charge < -0.3 is 10.7 Å². The van der Waals surface area contributed by atoms with Crippen molar-refractivity contribution in [3.8, 4) is 0 Å². The van der Waals surface area contributed by atoms with Crippen molar-refractivity contribution in [2.75, 3.05) is 12.0 Å². The molecule has 0 saturated heterocycles. The Balaban J connectivity index is 1.89. The maximum Gasteiger partial charge on any atom is 0.269 e. The smallest absolute Gasteiger partial charge is 0.269 e. The Labute approximate surface area is 110 Å². The Kier molecular flexibility index (Phi) is 4.09. The summed E-state index contributed by atoms with van der Waals surface area (Å²) < 4.78 is 1.78. The summed E-state index contributed by atoms with van der Waals surface area (Å²) in [4.78, 5) is 15.9. The number of aryl methyl sites for hydroxylation is 1. The van der Waals surface area contributed by atoms with E-state index >= 15 is 0 Å². The number of nitrogen functional groups attached to an aromatic ring is 1. The zero-order valence-electron chi connectivity index (χ0n) is 10.6. The summed E-state index contributed by atoms with van der Waals surface area (Å²) in [6.07, 6.45) is 2.45. The monoisotopic (exact) mass is 260 g/mol. The van der Waals surface area contributed by atoms with Crippen LogP contribution in [0.3, 0.4) is 0 Å². The van der Waals surface area contributed by atoms with E-state index in [4.69, 9.17) is 5.84 Å². The number of amides is 1. The van der Waals surface area contributed by atoms with Gasteiger partial charge in [-0.3, -0.25) is 9.48 Å². The fraction of sp³-hybridized carbons (Fsp3) is 0.250. The Bertz CT molecular complexity index is 565. The average molecular weight is 260 g/mol. The number of carbonyl (C=O) groups is 1. The van der Waals surface area contributed by atoms with E-state index in [9.17, 15) is 4.79 Å². The quantitative estimate of drug-likeness (QED) is 0.522. The lowest BCUT2D eigenvalue weighted by Gasteiger charge is -2.06. The van der Waals surface area contributed by atoms with E-state index in [-0.39, 0.29) is 5.91 Å². The van der Waals surface area contributed by atoms with Gasteiger partial charge in [0.2, 0.25) is 0 Å². The summed E-state index contributed by atoms with van der Waals surface area (Å²) in [7, 11) is 1.87. The summed E-state index contributed by atoms with van der Waals surface area (Å²) in [6.45, 7) is 0.528. The highest BCUT2D eigenvalue weighted by Crippen LogP contribution is 2.03. The number of carbonyl (C=O) groups excluding carboxylic acids is 1. The molecule has 100 valence electrons. The molecule has 1 amide bonds. The van der Waals surface area contributed by atoms with Crippen LogP contribution in [0.4, 0.5) is 5.82 Å². The standard InChI is InChI=1S/C12H16N6O/c1-18-9(6-8-15-18)5-7-14-12(19)10-3-2-4-11(16-10)17-13/h2-4,6,8H,5,7,13H2,1H3,(H,14,19)(H,16,17). The van der Waals surface area contributed by atoms with Crippen LogP contribution in [0.25, 0.3) is 0 Å². The highest BCUT2D eigenvalue weighted by atomic mass is 16.1. The predicted octanol–water partition coefficient (Wildman–Crippen LogP) is 0.0732. The first kappa shape index (κ1) is 13.0. The van der Waals surface area contributed by atoms with Gasteiger partial charge in [0.25, 0.3) is 5.91 Å². The summed E-state index contributed by atoms with van der Waals surface area (Å²) in [5.74, 6) is 5.48. The van der Waals surface area contributed by atoms with Crippen LogP contribution in [0.2, 0.25) is 0 Å². The lowest BCUT2D eigenvalue weighted by molar-refractivity contribution is 0.0949. The topological polar surface area (TPSA) is 97.9 Å². The average Bonchev–Trinajstić information content (AvgIpc) is 2.84. The number of hydrogen-bond donors (Lipinski definition) is 3. The predicted molar refractivity (Wildman–Crippen MR) is 71.3 cm³/mol. The lowest BCUT2D eigenvalue weighted by atomic mass is 10.3. The molecule has 2 aromatic rings. The van der Waals surface area contributed by atoms with Crippen LogP contribution in [0, 0.1) is 0 Å². The zero-order valence-corrected chi connectivity index (χ0v) is 10.6. The molecule has 0 unspecified atom stereocenters. The molecule has 4 N–H and O–H groups in total. The number of nitrogens with two attached hydrogens (primary N) is 1. The molecule has 0 aliphatic carbocycles. The van der Waals surface area contributed by atoms with E-state index in [0.29, 0.717) is 18.1 Å². The van der Waals surface area contributed by atoms with Crippen LogP contribution in [-0.2, 0) is 13.5 Å². The van der Waals surface area contributed by atoms with Crippen LogP contribution < -0.4 is 16.6 Å². The van der Waals surface area contributed by atoms with Crippen molar-refractivity contribution in [2.24, 2.45) is 12.9 Å². The third kappa shape index (κ3) is 3.29. The van der Waals surface area contributed by atoms with Crippen molar-refractivity contribution >= 4 is 11.7 Å². The Morgan fingerprint density at radius 1 is 1.42 bits per heavy atom. The Morgan fingerprint density at radius 2 is 2.26 bits per heavy atom. The van der Waals surface area contributed by atoms with Crippen molar-refractivity contribution in [3.63, 3.8) is 0 Å². The van der Waals surface area contributed by atoms with Crippen LogP contribution >= 0.6 is 0 Å². The molecule has 0 aliphatic heterocycles. The van der Waals surface area contributed by atoms with E-state index in [2.05, 4.69) is 20.8 Å². The summed E-state index contributed by atoms with van der Waals surface area (Å²) in [6, 6.07) is 6.97. The van der Waals surface area contributed by atoms with E-state index in [0.717, 1.165) is 12.1 Å². The SMILES string of the molecule is Cn1nccc1CCNC(=O)c1cccc(NN)n1. The normalized spacial score (nSPS) is 10.2. The summed E-state index contributed by atoms with van der Waals surface area (Å²) in [5, 5.41) is 6.87. The molecule has 0 aliphatic rings. The van der Waals surface area contributed by atoms with Gasteiger partial charge in [0.15, 0.2) is 0 Å². The van der Waals surface area contributed by atoms with Crippen LogP contribution in [-0.4, -0.2) is 27.2 Å². The van der Waals surface area contributed by atoms with E-state index < -0.39 is 0 Å². The zero-order chi connectivity index (χ0) is 13.7. The maximum absolute atomic E-state index is 11.9. The molecule has 0 radical (unpaired) electrons. The molecule has 0 fully saturated rings. The van der Waals surface area contributed by atoms with E-state index in [1.54, 1.807) is 29.1 Å². The first-order valence-electron chi connectivity index (χ1n) is 5.89. The molecular weight excluding hydrogens is 244 g/mol.